The van der Waals surface area contributed by atoms with Crippen LogP contribution in [0.2, 0.25) is 0 Å². The lowest BCUT2D eigenvalue weighted by molar-refractivity contribution is -0.143. The smallest absolute Gasteiger partial charge is 0.365 e. The number of carbonyl (C=O) groups is 2. The van der Waals surface area contributed by atoms with Gasteiger partial charge in [0.2, 0.25) is 0 Å². The van der Waals surface area contributed by atoms with Crippen molar-refractivity contribution >= 4 is 28.2 Å². The van der Waals surface area contributed by atoms with Crippen molar-refractivity contribution in [2.24, 2.45) is 12.8 Å². The van der Waals surface area contributed by atoms with Crippen LogP contribution in [0.3, 0.4) is 0 Å². The fourth-order valence-electron chi connectivity index (χ4n) is 3.10. The topological polar surface area (TPSA) is 90.0 Å². The molecule has 3 N–H and O–H groups in total. The Bertz CT molecular complexity index is 870. The number of rotatable bonds is 3. The third-order valence-corrected chi connectivity index (χ3v) is 5.50. The van der Waals surface area contributed by atoms with E-state index in [4.69, 9.17) is 5.73 Å². The summed E-state index contributed by atoms with van der Waals surface area (Å²) in [5, 5.41) is 6.40. The highest BCUT2D eigenvalue weighted by Gasteiger charge is 2.36. The maximum atomic E-state index is 12.9. The molecule has 0 unspecified atom stereocenters. The first-order valence-corrected chi connectivity index (χ1v) is 8.87. The first kappa shape index (κ1) is 18.4. The zero-order chi connectivity index (χ0) is 19.1. The Balaban J connectivity index is 1.92. The highest BCUT2D eigenvalue weighted by atomic mass is 32.1. The third-order valence-electron chi connectivity index (χ3n) is 4.30. The summed E-state index contributed by atoms with van der Waals surface area (Å²) in [7, 11) is 1.11. The van der Waals surface area contributed by atoms with Crippen LogP contribution < -0.4 is 11.1 Å². The number of hydrogen-bond donors (Lipinski definition) is 2. The first-order chi connectivity index (χ1) is 12.2. The second kappa shape index (κ2) is 6.75. The average Bonchev–Trinajstić information content (AvgIpc) is 3.00. The van der Waals surface area contributed by atoms with Gasteiger partial charge in [-0.15, -0.1) is 11.3 Å². The van der Waals surface area contributed by atoms with Crippen molar-refractivity contribution in [3.8, 4) is 0 Å². The van der Waals surface area contributed by atoms with E-state index in [9.17, 15) is 22.8 Å². The number of nitrogens with zero attached hydrogens (tertiary/aromatic N) is 2. The zero-order valence-electron chi connectivity index (χ0n) is 13.9. The van der Waals surface area contributed by atoms with Gasteiger partial charge in [0.05, 0.1) is 5.56 Å². The average molecular weight is 386 g/mol. The van der Waals surface area contributed by atoms with Crippen molar-refractivity contribution in [3.63, 3.8) is 0 Å². The number of hydrogen-bond acceptors (Lipinski definition) is 4. The van der Waals surface area contributed by atoms with Crippen LogP contribution in [0.15, 0.2) is 6.07 Å². The number of aromatic nitrogens is 2. The van der Waals surface area contributed by atoms with Crippen LogP contribution in [0, 0.1) is 0 Å². The van der Waals surface area contributed by atoms with E-state index >= 15 is 0 Å². The van der Waals surface area contributed by atoms with Gasteiger partial charge in [0.25, 0.3) is 11.8 Å². The van der Waals surface area contributed by atoms with Crippen LogP contribution in [0.5, 0.6) is 0 Å². The molecule has 1 aliphatic rings. The molecular formula is C16H17F3N4O2S. The molecule has 3 rings (SSSR count). The van der Waals surface area contributed by atoms with Gasteiger partial charge in [0.15, 0.2) is 5.69 Å². The Morgan fingerprint density at radius 2 is 1.96 bits per heavy atom. The fourth-order valence-corrected chi connectivity index (χ4v) is 4.39. The molecule has 2 aromatic rings. The molecule has 2 amide bonds. The summed E-state index contributed by atoms with van der Waals surface area (Å²) in [6.45, 7) is 0. The van der Waals surface area contributed by atoms with Crippen LogP contribution >= 0.6 is 11.3 Å². The maximum Gasteiger partial charge on any atom is 0.433 e. The Morgan fingerprint density at radius 3 is 2.58 bits per heavy atom. The summed E-state index contributed by atoms with van der Waals surface area (Å²) in [4.78, 5) is 25.2. The minimum absolute atomic E-state index is 0.257. The van der Waals surface area contributed by atoms with Gasteiger partial charge < -0.3 is 11.1 Å². The molecule has 2 aromatic heterocycles. The van der Waals surface area contributed by atoms with E-state index in [1.54, 1.807) is 0 Å². The standard InChI is InChI=1S/C16H17F3N4O2S/c1-23-11(16(17,18)19)7-9(22-23)14(25)21-15-12(13(20)24)8-5-3-2-4-6-10(8)26-15/h7H,2-6H2,1H3,(H2,20,24)(H,21,25). The molecule has 0 spiro atoms. The molecule has 0 bridgehead atoms. The minimum atomic E-state index is -4.61. The number of thiophene rings is 1. The first-order valence-electron chi connectivity index (χ1n) is 8.05. The number of amides is 2. The van der Waals surface area contributed by atoms with E-state index in [0.29, 0.717) is 17.2 Å². The number of primary amides is 1. The van der Waals surface area contributed by atoms with Crippen molar-refractivity contribution in [2.45, 2.75) is 38.3 Å². The van der Waals surface area contributed by atoms with Crippen LogP contribution in [0.1, 0.15) is 56.2 Å². The molecule has 2 heterocycles. The Hall–Kier alpha value is -2.36. The van der Waals surface area contributed by atoms with Gasteiger partial charge >= 0.3 is 6.18 Å². The summed E-state index contributed by atoms with van der Waals surface area (Å²) in [6, 6.07) is 0.678. The predicted molar refractivity (Wildman–Crippen MR) is 90.3 cm³/mol. The Kier molecular flexibility index (Phi) is 4.78. The van der Waals surface area contributed by atoms with Crippen LogP contribution in [-0.4, -0.2) is 21.6 Å². The van der Waals surface area contributed by atoms with Gasteiger partial charge in [-0.05, 0) is 31.2 Å². The highest BCUT2D eigenvalue weighted by molar-refractivity contribution is 7.17. The number of carbonyl (C=O) groups excluding carboxylic acids is 2. The summed E-state index contributed by atoms with van der Waals surface area (Å²) in [5.41, 5.74) is 5.17. The number of aryl methyl sites for hydroxylation is 2. The van der Waals surface area contributed by atoms with E-state index < -0.39 is 23.7 Å². The van der Waals surface area contributed by atoms with Gasteiger partial charge in [-0.3, -0.25) is 14.3 Å². The lowest BCUT2D eigenvalue weighted by Gasteiger charge is -2.05. The summed E-state index contributed by atoms with van der Waals surface area (Å²) < 4.78 is 39.2. The lowest BCUT2D eigenvalue weighted by Crippen LogP contribution is -2.18. The van der Waals surface area contributed by atoms with E-state index in [-0.39, 0.29) is 16.3 Å². The fraction of sp³-hybridized carbons (Fsp3) is 0.438. The number of nitrogens with two attached hydrogens (primary N) is 1. The van der Waals surface area contributed by atoms with Crippen molar-refractivity contribution in [2.75, 3.05) is 5.32 Å². The third kappa shape index (κ3) is 3.46. The van der Waals surface area contributed by atoms with Crippen LogP contribution in [0.4, 0.5) is 18.2 Å². The van der Waals surface area contributed by atoms with E-state index in [1.807, 2.05) is 0 Å². The molecule has 0 fully saturated rings. The lowest BCUT2D eigenvalue weighted by atomic mass is 10.1. The molecular weight excluding hydrogens is 369 g/mol. The number of anilines is 1. The summed E-state index contributed by atoms with van der Waals surface area (Å²) in [5.74, 6) is -1.47. The molecule has 0 aliphatic heterocycles. The van der Waals surface area contributed by atoms with Crippen molar-refractivity contribution in [1.82, 2.24) is 9.78 Å². The van der Waals surface area contributed by atoms with E-state index in [0.717, 1.165) is 43.2 Å². The molecule has 10 heteroatoms. The summed E-state index contributed by atoms with van der Waals surface area (Å²) >= 11 is 1.25. The second-order valence-electron chi connectivity index (χ2n) is 6.12. The summed E-state index contributed by atoms with van der Waals surface area (Å²) in [6.07, 6.45) is -0.172. The van der Waals surface area contributed by atoms with Gasteiger partial charge in [-0.1, -0.05) is 6.42 Å². The largest absolute Gasteiger partial charge is 0.433 e. The Morgan fingerprint density at radius 1 is 1.27 bits per heavy atom. The van der Waals surface area contributed by atoms with Gasteiger partial charge in [-0.25, -0.2) is 0 Å². The second-order valence-corrected chi connectivity index (χ2v) is 7.23. The number of nitrogens with one attached hydrogen (secondary N) is 1. The molecule has 0 atom stereocenters. The molecule has 0 aromatic carbocycles. The predicted octanol–water partition coefficient (Wildman–Crippen LogP) is 3.12. The van der Waals surface area contributed by atoms with E-state index in [1.165, 1.54) is 11.3 Å². The van der Waals surface area contributed by atoms with E-state index in [2.05, 4.69) is 10.4 Å². The zero-order valence-corrected chi connectivity index (χ0v) is 14.8. The molecule has 26 heavy (non-hydrogen) atoms. The quantitative estimate of drug-likeness (QED) is 0.794. The number of halogens is 3. The molecule has 0 radical (unpaired) electrons. The molecule has 140 valence electrons. The minimum Gasteiger partial charge on any atom is -0.365 e. The molecule has 0 saturated heterocycles. The normalized spacial score (nSPS) is 14.6. The number of fused-ring (bicyclic) bond motifs is 1. The van der Waals surface area contributed by atoms with Gasteiger partial charge in [0.1, 0.15) is 10.7 Å². The molecule has 6 nitrogen and oxygen atoms in total. The van der Waals surface area contributed by atoms with Crippen molar-refractivity contribution in [1.29, 1.82) is 0 Å². The van der Waals surface area contributed by atoms with Crippen molar-refractivity contribution < 1.29 is 22.8 Å². The SMILES string of the molecule is Cn1nc(C(=O)Nc2sc3c(c2C(N)=O)CCCCC3)cc1C(F)(F)F. The van der Waals surface area contributed by atoms with Gasteiger partial charge in [0, 0.05) is 18.0 Å². The molecule has 0 saturated carbocycles. The van der Waals surface area contributed by atoms with Crippen LogP contribution in [0.25, 0.3) is 0 Å². The van der Waals surface area contributed by atoms with Gasteiger partial charge in [-0.2, -0.15) is 18.3 Å². The van der Waals surface area contributed by atoms with Crippen molar-refractivity contribution in [3.05, 3.63) is 33.5 Å². The molecule has 1 aliphatic carbocycles. The highest BCUT2D eigenvalue weighted by Crippen LogP contribution is 2.37. The Labute approximate surface area is 151 Å². The monoisotopic (exact) mass is 386 g/mol. The van der Waals surface area contributed by atoms with Crippen LogP contribution in [-0.2, 0) is 26.1 Å². The number of alkyl halides is 3. The maximum absolute atomic E-state index is 12.9.